The summed E-state index contributed by atoms with van der Waals surface area (Å²) in [5, 5.41) is 0. The van der Waals surface area contributed by atoms with Crippen LogP contribution in [0.4, 0.5) is 0 Å². The van der Waals surface area contributed by atoms with Crippen LogP contribution < -0.4 is 0 Å². The third kappa shape index (κ3) is 8.92. The van der Waals surface area contributed by atoms with Crippen molar-refractivity contribution in [1.82, 2.24) is 0 Å². The molecule has 0 heterocycles. The number of ether oxygens (including phenoxy) is 1. The van der Waals surface area contributed by atoms with Gasteiger partial charge in [0.15, 0.2) is 0 Å². The molecule has 2 nitrogen and oxygen atoms in total. The van der Waals surface area contributed by atoms with E-state index in [1.165, 1.54) is 65.4 Å². The Morgan fingerprint density at radius 2 is 1.42 bits per heavy atom. The minimum absolute atomic E-state index is 0.126. The monoisotopic (exact) mass is 446 g/mol. The molecule has 0 saturated heterocycles. The quantitative estimate of drug-likeness (QED) is 0.165. The predicted octanol–water partition coefficient (Wildman–Crippen LogP) is 6.91. The van der Waals surface area contributed by atoms with Gasteiger partial charge in [-0.3, -0.25) is 0 Å². The van der Waals surface area contributed by atoms with E-state index in [1.807, 2.05) is 6.08 Å². The van der Waals surface area contributed by atoms with Crippen molar-refractivity contribution in [1.29, 1.82) is 0 Å². The fourth-order valence-electron chi connectivity index (χ4n) is 3.55. The summed E-state index contributed by atoms with van der Waals surface area (Å²) in [6.07, 6.45) is 12.1. The third-order valence-electron chi connectivity index (χ3n) is 5.47. The van der Waals surface area contributed by atoms with E-state index in [2.05, 4.69) is 34.6 Å². The first-order chi connectivity index (χ1) is 11.5. The number of methoxy groups -OCH3 is 1. The molecule has 0 bridgehead atoms. The summed E-state index contributed by atoms with van der Waals surface area (Å²) < 4.78 is 10.9. The molecule has 0 saturated carbocycles. The fourth-order valence-corrected chi connectivity index (χ4v) is 20.7. The fraction of sp³-hybridized carbons (Fsp3) is 0.857. The maximum atomic E-state index is 12.1. The zero-order valence-corrected chi connectivity index (χ0v) is 20.1. The Morgan fingerprint density at radius 1 is 0.958 bits per heavy atom. The van der Waals surface area contributed by atoms with Crippen molar-refractivity contribution in [2.75, 3.05) is 7.11 Å². The third-order valence-corrected chi connectivity index (χ3v) is 21.6. The number of carbonyl (C=O) groups excluding carboxylic acids is 1. The molecule has 0 amide bonds. The van der Waals surface area contributed by atoms with Gasteiger partial charge in [0, 0.05) is 0 Å². The Balaban J connectivity index is 5.76. The molecule has 0 aromatic rings. The first kappa shape index (κ1) is 24.0. The van der Waals surface area contributed by atoms with Crippen molar-refractivity contribution in [2.45, 2.75) is 99.3 Å². The second kappa shape index (κ2) is 14.2. The van der Waals surface area contributed by atoms with Crippen molar-refractivity contribution in [3.8, 4) is 0 Å². The van der Waals surface area contributed by atoms with Crippen LogP contribution in [0, 0.1) is 5.92 Å². The van der Waals surface area contributed by atoms with Crippen LogP contribution in [0.15, 0.2) is 9.67 Å². The molecule has 3 heteroatoms. The van der Waals surface area contributed by atoms with E-state index in [4.69, 9.17) is 4.74 Å². The second-order valence-electron chi connectivity index (χ2n) is 7.50. The first-order valence-electron chi connectivity index (χ1n) is 10.3. The van der Waals surface area contributed by atoms with Gasteiger partial charge in [-0.1, -0.05) is 0 Å². The summed E-state index contributed by atoms with van der Waals surface area (Å²) in [6.45, 7) is 11.5. The van der Waals surface area contributed by atoms with E-state index < -0.39 is 18.4 Å². The van der Waals surface area contributed by atoms with Crippen molar-refractivity contribution < 1.29 is 9.53 Å². The Hall–Kier alpha value is 0.00870. The molecule has 0 radical (unpaired) electrons. The van der Waals surface area contributed by atoms with E-state index in [0.29, 0.717) is 5.92 Å². The van der Waals surface area contributed by atoms with Crippen LogP contribution in [0.5, 0.6) is 0 Å². The number of allylic oxidation sites excluding steroid dienone is 1. The van der Waals surface area contributed by atoms with E-state index in [9.17, 15) is 4.79 Å². The molecule has 142 valence electrons. The second-order valence-corrected chi connectivity index (χ2v) is 20.9. The summed E-state index contributed by atoms with van der Waals surface area (Å²) in [7, 11) is 1.51. The topological polar surface area (TPSA) is 26.3 Å². The number of hydrogen-bond acceptors (Lipinski definition) is 2. The van der Waals surface area contributed by atoms with E-state index >= 15 is 0 Å². The molecule has 0 aromatic carbocycles. The molecule has 1 unspecified atom stereocenters. The minimum atomic E-state index is -2.50. The summed E-state index contributed by atoms with van der Waals surface area (Å²) in [4.78, 5) is 12.1. The predicted molar refractivity (Wildman–Crippen MR) is 109 cm³/mol. The van der Waals surface area contributed by atoms with Gasteiger partial charge in [0.1, 0.15) is 0 Å². The van der Waals surface area contributed by atoms with Crippen LogP contribution in [0.2, 0.25) is 13.3 Å². The van der Waals surface area contributed by atoms with E-state index in [1.54, 1.807) is 3.59 Å². The number of unbranched alkanes of at least 4 members (excludes halogenated alkanes) is 3. The average Bonchev–Trinajstić information content (AvgIpc) is 2.60. The van der Waals surface area contributed by atoms with Gasteiger partial charge in [-0.25, -0.2) is 0 Å². The van der Waals surface area contributed by atoms with Gasteiger partial charge in [-0.15, -0.1) is 0 Å². The van der Waals surface area contributed by atoms with Gasteiger partial charge in [0.2, 0.25) is 0 Å². The standard InChI is InChI=1S/C9H15O2.3C4H9.Sn/c1-4-8(2)6-5-7-9(10)11-3;3*1-3-4-2;/h7-8H,4,6H2,1-3H3;3*1,3-4H2,2H3;. The maximum absolute atomic E-state index is 12.1. The molecule has 0 aliphatic rings. The van der Waals surface area contributed by atoms with E-state index in [0.717, 1.165) is 6.42 Å². The Bertz CT molecular complexity index is 341. The van der Waals surface area contributed by atoms with Crippen LogP contribution in [-0.4, -0.2) is 31.5 Å². The molecule has 24 heavy (non-hydrogen) atoms. The summed E-state index contributed by atoms with van der Waals surface area (Å²) in [5.41, 5.74) is 0. The number of carbonyl (C=O) groups is 1. The first-order valence-corrected chi connectivity index (χ1v) is 17.8. The molecule has 0 aliphatic heterocycles. The SMILES string of the molecule is CCC[CH2][Sn]([CH2]CCC)([CH2]CCC)/[C](=C/C(=O)OC)CC(C)CC. The van der Waals surface area contributed by atoms with Crippen LogP contribution in [0.3, 0.4) is 0 Å². The summed E-state index contributed by atoms with van der Waals surface area (Å²) in [6, 6.07) is 0. The van der Waals surface area contributed by atoms with Gasteiger partial charge in [0.05, 0.1) is 0 Å². The average molecular weight is 445 g/mol. The molecule has 0 spiro atoms. The van der Waals surface area contributed by atoms with Gasteiger partial charge >= 0.3 is 156 Å². The normalized spacial score (nSPS) is 13.8. The van der Waals surface area contributed by atoms with Gasteiger partial charge in [0.25, 0.3) is 0 Å². The van der Waals surface area contributed by atoms with E-state index in [-0.39, 0.29) is 5.97 Å². The van der Waals surface area contributed by atoms with Crippen molar-refractivity contribution in [2.24, 2.45) is 5.92 Å². The molecule has 0 aliphatic carbocycles. The van der Waals surface area contributed by atoms with Crippen molar-refractivity contribution >= 4 is 24.3 Å². The van der Waals surface area contributed by atoms with Crippen LogP contribution in [0.1, 0.15) is 86.0 Å². The molecule has 0 fully saturated rings. The zero-order chi connectivity index (χ0) is 18.4. The molecule has 0 aromatic heterocycles. The van der Waals surface area contributed by atoms with Gasteiger partial charge in [-0.05, 0) is 0 Å². The molecule has 1 atom stereocenters. The van der Waals surface area contributed by atoms with Crippen LogP contribution in [-0.2, 0) is 9.53 Å². The number of esters is 1. The van der Waals surface area contributed by atoms with Crippen LogP contribution in [0.25, 0.3) is 0 Å². The number of rotatable bonds is 14. The van der Waals surface area contributed by atoms with Crippen molar-refractivity contribution in [3.63, 3.8) is 0 Å². The zero-order valence-electron chi connectivity index (χ0n) is 17.2. The van der Waals surface area contributed by atoms with Crippen LogP contribution >= 0.6 is 0 Å². The Morgan fingerprint density at radius 3 is 1.75 bits per heavy atom. The van der Waals surface area contributed by atoms with Gasteiger partial charge in [-0.2, -0.15) is 0 Å². The molecule has 0 N–H and O–H groups in total. The summed E-state index contributed by atoms with van der Waals surface area (Å²) in [5.74, 6) is 0.542. The molecule has 0 rings (SSSR count). The number of hydrogen-bond donors (Lipinski definition) is 0. The molecular weight excluding hydrogens is 403 g/mol. The molecular formula is C21H42O2Sn. The summed E-state index contributed by atoms with van der Waals surface area (Å²) >= 11 is -2.50. The Kier molecular flexibility index (Phi) is 14.2. The Labute approximate surface area is 155 Å². The van der Waals surface area contributed by atoms with Crippen molar-refractivity contribution in [3.05, 3.63) is 9.67 Å². The van der Waals surface area contributed by atoms with Gasteiger partial charge < -0.3 is 0 Å².